The molecule has 2 fully saturated rings. The molecule has 2 aliphatic heterocycles. The molecule has 0 spiro atoms. The van der Waals surface area contributed by atoms with E-state index in [2.05, 4.69) is 26.8 Å². The van der Waals surface area contributed by atoms with Crippen molar-refractivity contribution >= 4 is 42.4 Å². The quantitative estimate of drug-likeness (QED) is 0.498. The number of likely N-dealkylation sites (tertiary alicyclic amines) is 1. The van der Waals surface area contributed by atoms with Crippen molar-refractivity contribution in [2.24, 2.45) is 5.73 Å². The first-order valence-corrected chi connectivity index (χ1v) is 11.7. The molecule has 2 aromatic rings. The summed E-state index contributed by atoms with van der Waals surface area (Å²) in [6.45, 7) is 5.95. The Labute approximate surface area is 209 Å². The van der Waals surface area contributed by atoms with Crippen LogP contribution in [0.25, 0.3) is 0 Å². The topological polar surface area (TPSA) is 62.0 Å². The van der Waals surface area contributed by atoms with Crippen molar-refractivity contribution in [3.63, 3.8) is 0 Å². The number of hydrogen-bond donors (Lipinski definition) is 1. The standard InChI is InChI=1S/C25H32N4O2S.H2S/c1-31-25(30)23(19-5-3-2-4-6-19)29-13-11-22(12-14-29)28-17-15-27(16-18-28)21-9-7-20(8-10-21)24(26)32;/h2-10,22-23H,11-18H2,1H3,(H2,26,32);1H2. The molecule has 4 rings (SSSR count). The Kier molecular flexibility index (Phi) is 9.14. The first kappa shape index (κ1) is 25.5. The van der Waals surface area contributed by atoms with Crippen LogP contribution in [-0.4, -0.2) is 73.2 Å². The second kappa shape index (κ2) is 11.8. The molecule has 33 heavy (non-hydrogen) atoms. The third-order valence-corrected chi connectivity index (χ3v) is 6.99. The zero-order valence-corrected chi connectivity index (χ0v) is 21.0. The molecule has 6 nitrogen and oxygen atoms in total. The minimum Gasteiger partial charge on any atom is -0.468 e. The third-order valence-electron chi connectivity index (χ3n) is 6.75. The van der Waals surface area contributed by atoms with E-state index in [1.165, 1.54) is 12.8 Å². The molecule has 1 unspecified atom stereocenters. The van der Waals surface area contributed by atoms with Crippen LogP contribution in [0, 0.1) is 0 Å². The van der Waals surface area contributed by atoms with Crippen LogP contribution in [0.2, 0.25) is 0 Å². The van der Waals surface area contributed by atoms with E-state index in [-0.39, 0.29) is 25.5 Å². The van der Waals surface area contributed by atoms with E-state index in [1.54, 1.807) is 0 Å². The molecule has 0 amide bonds. The van der Waals surface area contributed by atoms with Gasteiger partial charge in [0.25, 0.3) is 0 Å². The minimum atomic E-state index is -0.316. The molecule has 1 atom stereocenters. The van der Waals surface area contributed by atoms with Gasteiger partial charge in [0.05, 0.1) is 7.11 Å². The van der Waals surface area contributed by atoms with Crippen LogP contribution >= 0.6 is 25.7 Å². The molecule has 0 saturated carbocycles. The number of thiocarbonyl (C=S) groups is 1. The number of anilines is 1. The van der Waals surface area contributed by atoms with Crippen LogP contribution in [0.3, 0.4) is 0 Å². The number of piperidine rings is 1. The molecule has 8 heteroatoms. The summed E-state index contributed by atoms with van der Waals surface area (Å²) in [5.41, 5.74) is 8.86. The summed E-state index contributed by atoms with van der Waals surface area (Å²) in [5, 5.41) is 0. The van der Waals surface area contributed by atoms with Gasteiger partial charge in [-0.15, -0.1) is 0 Å². The molecular formula is C25H34N4O2S2. The van der Waals surface area contributed by atoms with E-state index < -0.39 is 0 Å². The fourth-order valence-electron chi connectivity index (χ4n) is 4.93. The number of benzene rings is 2. The van der Waals surface area contributed by atoms with Crippen molar-refractivity contribution in [2.75, 3.05) is 51.3 Å². The van der Waals surface area contributed by atoms with Gasteiger partial charge in [-0.25, -0.2) is 4.79 Å². The lowest BCUT2D eigenvalue weighted by Gasteiger charge is -2.44. The van der Waals surface area contributed by atoms with E-state index in [0.717, 1.165) is 63.2 Å². The predicted octanol–water partition coefficient (Wildman–Crippen LogP) is 2.93. The zero-order valence-electron chi connectivity index (χ0n) is 19.2. The van der Waals surface area contributed by atoms with E-state index in [1.807, 2.05) is 42.5 Å². The van der Waals surface area contributed by atoms with Crippen LogP contribution in [0.5, 0.6) is 0 Å². The van der Waals surface area contributed by atoms with Gasteiger partial charge in [0.1, 0.15) is 11.0 Å². The van der Waals surface area contributed by atoms with Gasteiger partial charge in [0.15, 0.2) is 0 Å². The number of nitrogens with two attached hydrogens (primary N) is 1. The molecule has 2 aromatic carbocycles. The highest BCUT2D eigenvalue weighted by atomic mass is 32.1. The molecule has 0 aliphatic carbocycles. The first-order chi connectivity index (χ1) is 15.6. The monoisotopic (exact) mass is 486 g/mol. The SMILES string of the molecule is COC(=O)C(c1ccccc1)N1CCC(N2CCN(c3ccc(C(N)=S)cc3)CC2)CC1.S. The lowest BCUT2D eigenvalue weighted by molar-refractivity contribution is -0.148. The van der Waals surface area contributed by atoms with Crippen molar-refractivity contribution in [3.8, 4) is 0 Å². The fourth-order valence-corrected chi connectivity index (χ4v) is 5.07. The lowest BCUT2D eigenvalue weighted by atomic mass is 9.97. The number of piperazine rings is 1. The summed E-state index contributed by atoms with van der Waals surface area (Å²) in [7, 11) is 1.47. The highest BCUT2D eigenvalue weighted by Gasteiger charge is 2.34. The Morgan fingerprint density at radius 3 is 2.12 bits per heavy atom. The van der Waals surface area contributed by atoms with Crippen LogP contribution in [0.4, 0.5) is 5.69 Å². The van der Waals surface area contributed by atoms with E-state index in [9.17, 15) is 4.79 Å². The summed E-state index contributed by atoms with van der Waals surface area (Å²) in [6, 6.07) is 18.5. The Hall–Kier alpha value is -2.13. The second-order valence-electron chi connectivity index (χ2n) is 8.54. The average molecular weight is 487 g/mol. The molecule has 2 N–H and O–H groups in total. The van der Waals surface area contributed by atoms with Gasteiger partial charge >= 0.3 is 5.97 Å². The van der Waals surface area contributed by atoms with Gasteiger partial charge in [-0.1, -0.05) is 42.5 Å². The molecule has 0 radical (unpaired) electrons. The molecule has 0 bridgehead atoms. The summed E-state index contributed by atoms with van der Waals surface area (Å²) < 4.78 is 5.13. The second-order valence-corrected chi connectivity index (χ2v) is 8.98. The largest absolute Gasteiger partial charge is 0.468 e. The molecule has 2 heterocycles. The number of carbonyl (C=O) groups excluding carboxylic acids is 1. The number of esters is 1. The van der Waals surface area contributed by atoms with Gasteiger partial charge in [-0.3, -0.25) is 9.80 Å². The van der Waals surface area contributed by atoms with E-state index in [0.29, 0.717) is 11.0 Å². The van der Waals surface area contributed by atoms with E-state index in [4.69, 9.17) is 22.7 Å². The summed E-state index contributed by atoms with van der Waals surface area (Å²) in [4.78, 5) is 20.3. The third kappa shape index (κ3) is 6.06. The Balaban J connectivity index is 0.00000306. The number of ether oxygens (including phenoxy) is 1. The predicted molar refractivity (Wildman–Crippen MR) is 142 cm³/mol. The van der Waals surface area contributed by atoms with Crippen LogP contribution in [0.15, 0.2) is 54.6 Å². The maximum absolute atomic E-state index is 12.5. The normalized spacial score (nSPS) is 18.9. The first-order valence-electron chi connectivity index (χ1n) is 11.3. The van der Waals surface area contributed by atoms with Gasteiger partial charge in [0, 0.05) is 56.6 Å². The summed E-state index contributed by atoms with van der Waals surface area (Å²) in [5.74, 6) is -0.176. The van der Waals surface area contributed by atoms with Gasteiger partial charge < -0.3 is 15.4 Å². The number of hydrogen-bond acceptors (Lipinski definition) is 6. The zero-order chi connectivity index (χ0) is 22.5. The number of carbonyl (C=O) groups is 1. The molecule has 0 aromatic heterocycles. The Bertz CT molecular complexity index is 910. The Morgan fingerprint density at radius 2 is 1.58 bits per heavy atom. The smallest absolute Gasteiger partial charge is 0.327 e. The highest BCUT2D eigenvalue weighted by molar-refractivity contribution is 7.80. The minimum absolute atomic E-state index is 0. The lowest BCUT2D eigenvalue weighted by Crippen LogP contribution is -2.54. The van der Waals surface area contributed by atoms with E-state index >= 15 is 0 Å². The maximum Gasteiger partial charge on any atom is 0.327 e. The molecule has 2 saturated heterocycles. The number of nitrogens with zero attached hydrogens (tertiary/aromatic N) is 3. The van der Waals surface area contributed by atoms with Crippen LogP contribution in [-0.2, 0) is 9.53 Å². The summed E-state index contributed by atoms with van der Waals surface area (Å²) >= 11 is 5.05. The van der Waals surface area contributed by atoms with Gasteiger partial charge in [0.2, 0.25) is 0 Å². The van der Waals surface area contributed by atoms with Crippen molar-refractivity contribution in [1.29, 1.82) is 0 Å². The molecule has 2 aliphatic rings. The average Bonchev–Trinajstić information content (AvgIpc) is 2.85. The van der Waals surface area contributed by atoms with Crippen molar-refractivity contribution in [1.82, 2.24) is 9.80 Å². The van der Waals surface area contributed by atoms with Crippen molar-refractivity contribution in [2.45, 2.75) is 24.9 Å². The van der Waals surface area contributed by atoms with Crippen LogP contribution < -0.4 is 10.6 Å². The van der Waals surface area contributed by atoms with Gasteiger partial charge in [-0.2, -0.15) is 13.5 Å². The highest BCUT2D eigenvalue weighted by Crippen LogP contribution is 2.28. The fraction of sp³-hybridized carbons (Fsp3) is 0.440. The Morgan fingerprint density at radius 1 is 0.970 bits per heavy atom. The molecule has 178 valence electrons. The molecular weight excluding hydrogens is 452 g/mol. The van der Waals surface area contributed by atoms with Crippen LogP contribution in [0.1, 0.15) is 30.0 Å². The maximum atomic E-state index is 12.5. The summed E-state index contributed by atoms with van der Waals surface area (Å²) in [6.07, 6.45) is 2.14. The number of rotatable bonds is 6. The van der Waals surface area contributed by atoms with Crippen molar-refractivity contribution in [3.05, 3.63) is 65.7 Å². The number of methoxy groups -OCH3 is 1. The van der Waals surface area contributed by atoms with Gasteiger partial charge in [-0.05, 0) is 42.7 Å². The van der Waals surface area contributed by atoms with Crippen molar-refractivity contribution < 1.29 is 9.53 Å².